The minimum atomic E-state index is -4.60. The Hall–Kier alpha value is -3.05. The maximum absolute atomic E-state index is 14.6. The van der Waals surface area contributed by atoms with Gasteiger partial charge in [0, 0.05) is 24.7 Å². The quantitative estimate of drug-likeness (QED) is 0.345. The van der Waals surface area contributed by atoms with Crippen LogP contribution in [0.3, 0.4) is 0 Å². The minimum absolute atomic E-state index is 0.00473. The molecule has 3 aliphatic rings. The number of nitrogens with one attached hydrogen (secondary N) is 1. The number of nitrogens with zero attached hydrogens (tertiary/aromatic N) is 5. The molecule has 0 saturated heterocycles. The summed E-state index contributed by atoms with van der Waals surface area (Å²) in [6.07, 6.45) is -1.15. The van der Waals surface area contributed by atoms with E-state index in [2.05, 4.69) is 27.1 Å². The van der Waals surface area contributed by atoms with E-state index in [9.17, 15) is 26.3 Å². The number of anilines is 1. The van der Waals surface area contributed by atoms with Crippen LogP contribution in [0.5, 0.6) is 0 Å². The summed E-state index contributed by atoms with van der Waals surface area (Å²) in [5.41, 5.74) is 0.849. The van der Waals surface area contributed by atoms with Crippen molar-refractivity contribution in [1.82, 2.24) is 19.7 Å². The zero-order chi connectivity index (χ0) is 25.1. The first kappa shape index (κ1) is 23.7. The Labute approximate surface area is 197 Å². The summed E-state index contributed by atoms with van der Waals surface area (Å²) in [6, 6.07) is -0.274. The second-order valence-corrected chi connectivity index (χ2v) is 9.41. The molecule has 2 aromatic rings. The summed E-state index contributed by atoms with van der Waals surface area (Å²) < 4.78 is 84.0. The summed E-state index contributed by atoms with van der Waals surface area (Å²) >= 11 is 0. The van der Waals surface area contributed by atoms with Crippen LogP contribution in [0, 0.1) is 29.3 Å². The van der Waals surface area contributed by atoms with E-state index in [0.29, 0.717) is 18.5 Å². The first-order valence-electron chi connectivity index (χ1n) is 11.4. The van der Waals surface area contributed by atoms with Crippen molar-refractivity contribution < 1.29 is 26.3 Å². The van der Waals surface area contributed by atoms with Gasteiger partial charge in [-0.15, -0.1) is 5.10 Å². The normalized spacial score (nSPS) is 28.5. The van der Waals surface area contributed by atoms with Crippen LogP contribution in [0.4, 0.5) is 32.3 Å². The van der Waals surface area contributed by atoms with Gasteiger partial charge in [-0.25, -0.2) is 17.9 Å². The smallest absolute Gasteiger partial charge is 0.361 e. The molecule has 1 aromatic heterocycles. The third-order valence-corrected chi connectivity index (χ3v) is 7.33. The number of rotatable bonds is 6. The highest BCUT2D eigenvalue weighted by Crippen LogP contribution is 2.55. The number of hydrogen-bond acceptors (Lipinski definition) is 5. The molecule has 0 bridgehead atoms. The molecule has 12 heteroatoms. The van der Waals surface area contributed by atoms with Crippen molar-refractivity contribution in [2.45, 2.75) is 49.9 Å². The molecule has 0 spiro atoms. The number of fused-ring (bicyclic) bond motifs is 2. The van der Waals surface area contributed by atoms with Gasteiger partial charge in [-0.3, -0.25) is 4.99 Å². The van der Waals surface area contributed by atoms with Gasteiger partial charge in [0.2, 0.25) is 5.95 Å². The van der Waals surface area contributed by atoms with Crippen molar-refractivity contribution in [2.24, 2.45) is 16.8 Å². The Kier molecular flexibility index (Phi) is 5.79. The fourth-order valence-corrected chi connectivity index (χ4v) is 5.50. The Bertz CT molecular complexity index is 1170. The number of hydrogen-bond donors (Lipinski definition) is 1. The van der Waals surface area contributed by atoms with Crippen molar-refractivity contribution >= 4 is 12.7 Å². The van der Waals surface area contributed by atoms with E-state index in [1.54, 1.807) is 0 Å². The van der Waals surface area contributed by atoms with Gasteiger partial charge in [0.25, 0.3) is 0 Å². The average molecular weight is 498 g/mol. The minimum Gasteiger partial charge on any atom is -0.361 e. The molecular weight excluding hydrogens is 474 g/mol. The molecule has 2 heterocycles. The summed E-state index contributed by atoms with van der Waals surface area (Å²) in [5, 5.41) is 7.28. The van der Waals surface area contributed by atoms with Crippen molar-refractivity contribution in [3.05, 3.63) is 52.7 Å². The van der Waals surface area contributed by atoms with Gasteiger partial charge in [0.15, 0.2) is 17.5 Å². The van der Waals surface area contributed by atoms with E-state index < -0.39 is 35.6 Å². The zero-order valence-electron chi connectivity index (χ0n) is 18.9. The largest absolute Gasteiger partial charge is 0.410 e. The van der Waals surface area contributed by atoms with E-state index in [1.165, 1.54) is 0 Å². The highest BCUT2D eigenvalue weighted by molar-refractivity contribution is 5.43. The maximum Gasteiger partial charge on any atom is 0.410 e. The Morgan fingerprint density at radius 2 is 1.94 bits per heavy atom. The molecule has 1 aliphatic heterocycles. The van der Waals surface area contributed by atoms with Gasteiger partial charge in [-0.1, -0.05) is 6.07 Å². The lowest BCUT2D eigenvalue weighted by atomic mass is 9.53. The molecule has 0 radical (unpaired) electrons. The molecule has 5 rings (SSSR count). The van der Waals surface area contributed by atoms with Gasteiger partial charge in [-0.2, -0.15) is 18.2 Å². The van der Waals surface area contributed by atoms with E-state index >= 15 is 0 Å². The molecule has 6 nitrogen and oxygen atoms in total. The van der Waals surface area contributed by atoms with Crippen LogP contribution in [0.25, 0.3) is 0 Å². The fourth-order valence-electron chi connectivity index (χ4n) is 5.50. The van der Waals surface area contributed by atoms with Crippen LogP contribution in [-0.2, 0) is 0 Å². The van der Waals surface area contributed by atoms with E-state index in [1.807, 2.05) is 18.1 Å². The van der Waals surface area contributed by atoms with Gasteiger partial charge in [-0.05, 0) is 55.9 Å². The molecule has 1 aromatic carbocycles. The molecule has 188 valence electrons. The lowest BCUT2D eigenvalue weighted by molar-refractivity contribution is -0.175. The summed E-state index contributed by atoms with van der Waals surface area (Å²) in [7, 11) is 1.85. The third kappa shape index (κ3) is 3.96. The summed E-state index contributed by atoms with van der Waals surface area (Å²) in [6.45, 7) is 3.88. The van der Waals surface area contributed by atoms with Gasteiger partial charge < -0.3 is 10.2 Å². The fraction of sp³-hybridized carbons (Fsp3) is 0.522. The molecule has 0 amide bonds. The predicted octanol–water partition coefficient (Wildman–Crippen LogP) is 5.02. The van der Waals surface area contributed by atoms with E-state index in [0.717, 1.165) is 35.2 Å². The monoisotopic (exact) mass is 498 g/mol. The molecule has 2 fully saturated rings. The predicted molar refractivity (Wildman–Crippen MR) is 116 cm³/mol. The second kappa shape index (κ2) is 8.56. The van der Waals surface area contributed by atoms with Crippen molar-refractivity contribution in [1.29, 1.82) is 0 Å². The number of alkyl halides is 3. The van der Waals surface area contributed by atoms with Crippen LogP contribution in [0.2, 0.25) is 0 Å². The van der Waals surface area contributed by atoms with Crippen LogP contribution in [0.1, 0.15) is 49.0 Å². The first-order chi connectivity index (χ1) is 16.6. The molecule has 2 saturated carbocycles. The van der Waals surface area contributed by atoms with Crippen LogP contribution >= 0.6 is 0 Å². The highest BCUT2D eigenvalue weighted by Gasteiger charge is 2.52. The molecule has 2 aliphatic carbocycles. The summed E-state index contributed by atoms with van der Waals surface area (Å²) in [4.78, 5) is 10.0. The maximum atomic E-state index is 14.6. The second-order valence-electron chi connectivity index (χ2n) is 9.41. The molecule has 4 unspecified atom stereocenters. The zero-order valence-corrected chi connectivity index (χ0v) is 18.9. The molecule has 1 N–H and O–H groups in total. The van der Waals surface area contributed by atoms with Crippen molar-refractivity contribution in [3.63, 3.8) is 0 Å². The lowest BCUT2D eigenvalue weighted by Crippen LogP contribution is -2.55. The molecule has 35 heavy (non-hydrogen) atoms. The number of benzene rings is 1. The SMILES string of the molecule is C=NCN(C)/C=C1\C2CCC2[C@H]1Nc1nc2n(n1)C(C(F)(F)F)CCC2c1ccc(F)c(F)c1F. The van der Waals surface area contributed by atoms with Crippen LogP contribution in [0.15, 0.2) is 28.9 Å². The van der Waals surface area contributed by atoms with E-state index in [4.69, 9.17) is 0 Å². The number of halogens is 6. The Balaban J connectivity index is 1.49. The standard InChI is InChI=1S/C23H24F6N6/c1-30-10-34(2)9-15-11-3-4-13(11)20(15)31-22-32-21-14(12-5-7-16(24)19(26)18(12)25)6-8-17(23(27,28)29)35(21)33-22/h5,7,9,11,13-14,17,20H,1,3-4,6,8,10H2,2H3,(H,31,33)/b15-9+/t11?,13?,14?,17?,20-/m1/s1. The Morgan fingerprint density at radius 1 is 1.17 bits per heavy atom. The van der Waals surface area contributed by atoms with E-state index in [-0.39, 0.29) is 36.2 Å². The molecular formula is C23H24F6N6. The molecule has 5 atom stereocenters. The van der Waals surface area contributed by atoms with Crippen LogP contribution in [-0.4, -0.2) is 52.3 Å². The van der Waals surface area contributed by atoms with Gasteiger partial charge >= 0.3 is 6.18 Å². The summed E-state index contributed by atoms with van der Waals surface area (Å²) in [5.74, 6) is -4.87. The van der Waals surface area contributed by atoms with Gasteiger partial charge in [0.1, 0.15) is 18.5 Å². The number of aliphatic imine (C=N–C) groups is 1. The Morgan fingerprint density at radius 3 is 2.60 bits per heavy atom. The lowest BCUT2D eigenvalue weighted by Gasteiger charge is -2.55. The van der Waals surface area contributed by atoms with Crippen LogP contribution < -0.4 is 5.32 Å². The highest BCUT2D eigenvalue weighted by atomic mass is 19.4. The van der Waals surface area contributed by atoms with Crippen molar-refractivity contribution in [2.75, 3.05) is 19.0 Å². The first-order valence-corrected chi connectivity index (χ1v) is 11.4. The topological polar surface area (TPSA) is 58.3 Å². The number of aromatic nitrogens is 3. The third-order valence-electron chi connectivity index (χ3n) is 7.33. The average Bonchev–Trinajstić information content (AvgIpc) is 3.19. The van der Waals surface area contributed by atoms with Crippen molar-refractivity contribution in [3.8, 4) is 0 Å². The van der Waals surface area contributed by atoms with Gasteiger partial charge in [0.05, 0.1) is 6.04 Å².